The molecule has 0 saturated carbocycles. The molecule has 0 radical (unpaired) electrons. The molecule has 0 bridgehead atoms. The number of furan rings is 1. The second-order valence-corrected chi connectivity index (χ2v) is 10.6. The van der Waals surface area contributed by atoms with E-state index in [2.05, 4.69) is 37.8 Å². The maximum Gasteiger partial charge on any atom is 0.289 e. The zero-order valence-corrected chi connectivity index (χ0v) is 23.2. The minimum atomic E-state index is -0.139. The van der Waals surface area contributed by atoms with Gasteiger partial charge in [-0.2, -0.15) is 0 Å². The molecule has 2 aromatic carbocycles. The van der Waals surface area contributed by atoms with Gasteiger partial charge >= 0.3 is 0 Å². The van der Waals surface area contributed by atoms with Gasteiger partial charge in [0.1, 0.15) is 17.3 Å². The summed E-state index contributed by atoms with van der Waals surface area (Å²) in [5.41, 5.74) is 2.90. The number of benzene rings is 2. The Labute approximate surface area is 230 Å². The van der Waals surface area contributed by atoms with Crippen LogP contribution in [0, 0.1) is 0 Å². The number of para-hydroxylation sites is 2. The molecule has 2 amide bonds. The smallest absolute Gasteiger partial charge is 0.289 e. The molecule has 0 unspecified atom stereocenters. The highest BCUT2D eigenvalue weighted by molar-refractivity contribution is 5.98. The molecular formula is C31H37N3O5. The number of fused-ring (bicyclic) bond motifs is 1. The third kappa shape index (κ3) is 5.46. The molecule has 206 valence electrons. The SMILES string of the molecule is CCOc1ccccc1N1CCN(C(=O)c2ccc(CN3C(=O)COc4ccc(C(C)(C)CC)cc43)o2)CC1. The Morgan fingerprint density at radius 1 is 0.974 bits per heavy atom. The van der Waals surface area contributed by atoms with E-state index in [-0.39, 0.29) is 36.1 Å². The molecule has 8 nitrogen and oxygen atoms in total. The summed E-state index contributed by atoms with van der Waals surface area (Å²) in [6.07, 6.45) is 0.970. The number of nitrogens with zero attached hydrogens (tertiary/aromatic N) is 3. The fourth-order valence-corrected chi connectivity index (χ4v) is 5.04. The largest absolute Gasteiger partial charge is 0.492 e. The van der Waals surface area contributed by atoms with Crippen molar-refractivity contribution in [2.45, 2.75) is 46.1 Å². The first-order chi connectivity index (χ1) is 18.8. The summed E-state index contributed by atoms with van der Waals surface area (Å²) in [5.74, 6) is 2.11. The molecule has 0 atom stereocenters. The van der Waals surface area contributed by atoms with E-state index >= 15 is 0 Å². The van der Waals surface area contributed by atoms with Gasteiger partial charge < -0.3 is 23.7 Å². The molecule has 5 rings (SSSR count). The second kappa shape index (κ2) is 11.0. The zero-order chi connectivity index (χ0) is 27.6. The summed E-state index contributed by atoms with van der Waals surface area (Å²) in [6, 6.07) is 17.5. The van der Waals surface area contributed by atoms with E-state index in [1.807, 2.05) is 42.2 Å². The molecule has 39 heavy (non-hydrogen) atoms. The first-order valence-electron chi connectivity index (χ1n) is 13.7. The Morgan fingerprint density at radius 3 is 2.49 bits per heavy atom. The van der Waals surface area contributed by atoms with Gasteiger partial charge in [0, 0.05) is 26.2 Å². The van der Waals surface area contributed by atoms with Gasteiger partial charge in [0.15, 0.2) is 12.4 Å². The Bertz CT molecular complexity index is 1340. The molecule has 0 spiro atoms. The van der Waals surface area contributed by atoms with Crippen molar-refractivity contribution in [2.24, 2.45) is 0 Å². The normalized spacial score (nSPS) is 15.7. The van der Waals surface area contributed by atoms with E-state index < -0.39 is 0 Å². The van der Waals surface area contributed by atoms with Crippen molar-refractivity contribution in [3.05, 3.63) is 71.7 Å². The van der Waals surface area contributed by atoms with Crippen LogP contribution >= 0.6 is 0 Å². The minimum Gasteiger partial charge on any atom is -0.492 e. The van der Waals surface area contributed by atoms with Gasteiger partial charge in [-0.1, -0.05) is 39.0 Å². The molecule has 0 N–H and O–H groups in total. The third-order valence-electron chi connectivity index (χ3n) is 7.83. The topological polar surface area (TPSA) is 75.5 Å². The fourth-order valence-electron chi connectivity index (χ4n) is 5.04. The lowest BCUT2D eigenvalue weighted by Crippen LogP contribution is -2.48. The molecule has 2 aliphatic heterocycles. The highest BCUT2D eigenvalue weighted by atomic mass is 16.5. The molecule has 1 saturated heterocycles. The molecule has 0 aliphatic carbocycles. The van der Waals surface area contributed by atoms with Crippen molar-refractivity contribution >= 4 is 23.2 Å². The van der Waals surface area contributed by atoms with Crippen molar-refractivity contribution in [2.75, 3.05) is 49.2 Å². The molecule has 2 aliphatic rings. The number of carbonyl (C=O) groups excluding carboxylic acids is 2. The van der Waals surface area contributed by atoms with Crippen LogP contribution in [0.2, 0.25) is 0 Å². The van der Waals surface area contributed by atoms with Gasteiger partial charge in [-0.25, -0.2) is 0 Å². The quantitative estimate of drug-likeness (QED) is 0.395. The molecule has 3 aromatic rings. The van der Waals surface area contributed by atoms with Crippen LogP contribution in [-0.4, -0.2) is 56.1 Å². The standard InChI is InChI=1S/C31H37N3O5/c1-5-31(3,4)22-11-13-27-25(19-22)34(29(35)21-38-27)20-23-12-14-28(39-23)30(36)33-17-15-32(16-18-33)24-9-7-8-10-26(24)37-6-2/h7-14,19H,5-6,15-18,20-21H2,1-4H3. The predicted octanol–water partition coefficient (Wildman–Crippen LogP) is 5.25. The van der Waals surface area contributed by atoms with Crippen molar-refractivity contribution in [1.29, 1.82) is 0 Å². The van der Waals surface area contributed by atoms with E-state index in [1.165, 1.54) is 0 Å². The number of piperazine rings is 1. The summed E-state index contributed by atoms with van der Waals surface area (Å²) in [6.45, 7) is 11.9. The fraction of sp³-hybridized carbons (Fsp3) is 0.419. The van der Waals surface area contributed by atoms with Gasteiger partial charge in [0.05, 0.1) is 24.5 Å². The Morgan fingerprint density at radius 2 is 1.74 bits per heavy atom. The summed E-state index contributed by atoms with van der Waals surface area (Å²) >= 11 is 0. The number of carbonyl (C=O) groups is 2. The third-order valence-corrected chi connectivity index (χ3v) is 7.83. The number of amides is 2. The van der Waals surface area contributed by atoms with Crippen LogP contribution in [0.25, 0.3) is 0 Å². The van der Waals surface area contributed by atoms with Crippen LogP contribution in [0.5, 0.6) is 11.5 Å². The van der Waals surface area contributed by atoms with Gasteiger partial charge in [-0.15, -0.1) is 0 Å². The number of hydrogen-bond acceptors (Lipinski definition) is 6. The number of ether oxygens (including phenoxy) is 2. The lowest BCUT2D eigenvalue weighted by molar-refractivity contribution is -0.121. The second-order valence-electron chi connectivity index (χ2n) is 10.6. The predicted molar refractivity (Wildman–Crippen MR) is 151 cm³/mol. The molecular weight excluding hydrogens is 494 g/mol. The van der Waals surface area contributed by atoms with Gasteiger partial charge in [-0.3, -0.25) is 14.5 Å². The van der Waals surface area contributed by atoms with Crippen LogP contribution in [0.1, 0.15) is 56.0 Å². The Hall–Kier alpha value is -3.94. The lowest BCUT2D eigenvalue weighted by Gasteiger charge is -2.36. The Balaban J connectivity index is 1.26. The average Bonchev–Trinajstić information content (AvgIpc) is 3.43. The molecule has 1 fully saturated rings. The van der Waals surface area contributed by atoms with Gasteiger partial charge in [0.25, 0.3) is 11.8 Å². The summed E-state index contributed by atoms with van der Waals surface area (Å²) < 4.78 is 17.5. The molecule has 8 heteroatoms. The minimum absolute atomic E-state index is 0.0211. The zero-order valence-electron chi connectivity index (χ0n) is 23.2. The van der Waals surface area contributed by atoms with E-state index in [0.717, 1.165) is 29.1 Å². The monoisotopic (exact) mass is 531 g/mol. The van der Waals surface area contributed by atoms with Crippen molar-refractivity contribution in [3.8, 4) is 11.5 Å². The van der Waals surface area contributed by atoms with E-state index in [9.17, 15) is 9.59 Å². The first kappa shape index (κ1) is 26.7. The van der Waals surface area contributed by atoms with Crippen LogP contribution in [0.15, 0.2) is 59.0 Å². The van der Waals surface area contributed by atoms with Gasteiger partial charge in [-0.05, 0) is 60.7 Å². The lowest BCUT2D eigenvalue weighted by atomic mass is 9.82. The van der Waals surface area contributed by atoms with Crippen molar-refractivity contribution in [3.63, 3.8) is 0 Å². The highest BCUT2D eigenvalue weighted by Crippen LogP contribution is 2.38. The van der Waals surface area contributed by atoms with Crippen LogP contribution < -0.4 is 19.3 Å². The van der Waals surface area contributed by atoms with E-state index in [1.54, 1.807) is 17.0 Å². The Kier molecular flexibility index (Phi) is 7.55. The van der Waals surface area contributed by atoms with Crippen LogP contribution in [0.4, 0.5) is 11.4 Å². The van der Waals surface area contributed by atoms with Crippen molar-refractivity contribution < 1.29 is 23.5 Å². The first-order valence-corrected chi connectivity index (χ1v) is 13.7. The van der Waals surface area contributed by atoms with Crippen LogP contribution in [0.3, 0.4) is 0 Å². The number of anilines is 2. The van der Waals surface area contributed by atoms with Crippen molar-refractivity contribution in [1.82, 2.24) is 4.90 Å². The van der Waals surface area contributed by atoms with Gasteiger partial charge in [0.2, 0.25) is 0 Å². The molecule has 1 aromatic heterocycles. The summed E-state index contributed by atoms with van der Waals surface area (Å²) in [5, 5.41) is 0. The molecule has 3 heterocycles. The summed E-state index contributed by atoms with van der Waals surface area (Å²) in [4.78, 5) is 31.9. The highest BCUT2D eigenvalue weighted by Gasteiger charge is 2.30. The average molecular weight is 532 g/mol. The number of rotatable bonds is 8. The maximum atomic E-state index is 13.3. The number of hydrogen-bond donors (Lipinski definition) is 0. The summed E-state index contributed by atoms with van der Waals surface area (Å²) in [7, 11) is 0. The van der Waals surface area contributed by atoms with Crippen LogP contribution in [-0.2, 0) is 16.8 Å². The van der Waals surface area contributed by atoms with E-state index in [4.69, 9.17) is 13.9 Å². The van der Waals surface area contributed by atoms with E-state index in [0.29, 0.717) is 44.3 Å². The maximum absolute atomic E-state index is 13.3.